The Labute approximate surface area is 244 Å². The number of amides is 2. The Morgan fingerprint density at radius 3 is 2.41 bits per heavy atom. The first kappa shape index (κ1) is 29.5. The summed E-state index contributed by atoms with van der Waals surface area (Å²) in [6, 6.07) is 15.8. The number of aryl methyl sites for hydroxylation is 1. The summed E-state index contributed by atoms with van der Waals surface area (Å²) in [6.45, 7) is 4.93. The third-order valence-corrected chi connectivity index (χ3v) is 9.08. The first-order chi connectivity index (χ1) is 19.9. The summed E-state index contributed by atoms with van der Waals surface area (Å²) in [5, 5.41) is 3.30. The van der Waals surface area contributed by atoms with Gasteiger partial charge in [0, 0.05) is 49.9 Å². The summed E-state index contributed by atoms with van der Waals surface area (Å²) in [6.07, 6.45) is 7.34. The topological polar surface area (TPSA) is 97.1 Å². The second-order valence-electron chi connectivity index (χ2n) is 12.1. The van der Waals surface area contributed by atoms with Gasteiger partial charge in [0.25, 0.3) is 5.91 Å². The van der Waals surface area contributed by atoms with Crippen molar-refractivity contribution in [3.8, 4) is 5.75 Å². The molecule has 2 aromatic carbocycles. The van der Waals surface area contributed by atoms with Gasteiger partial charge < -0.3 is 25.4 Å². The molecular weight excluding hydrogens is 516 g/mol. The van der Waals surface area contributed by atoms with E-state index in [0.717, 1.165) is 76.0 Å². The maximum Gasteiger partial charge on any atom is 0.254 e. The van der Waals surface area contributed by atoms with Gasteiger partial charge in [0.15, 0.2) is 0 Å². The van der Waals surface area contributed by atoms with Crippen LogP contribution in [0.15, 0.2) is 48.5 Å². The normalized spacial score (nSPS) is 26.6. The number of piperidine rings is 1. The maximum atomic E-state index is 13.9. The SMILES string of the molecule is COc1ccc(CN(CC2CCCO2)C2CCN(C(=O)c3ccc(C)cc3)[C@@H](C(=O)NC3CCC(N)CC3)C2)cc1. The van der Waals surface area contributed by atoms with Gasteiger partial charge in [-0.2, -0.15) is 0 Å². The van der Waals surface area contributed by atoms with E-state index in [-0.39, 0.29) is 36.0 Å². The molecule has 3 atom stereocenters. The molecule has 3 fully saturated rings. The van der Waals surface area contributed by atoms with E-state index in [9.17, 15) is 9.59 Å². The number of likely N-dealkylation sites (tertiary alicyclic amines) is 1. The largest absolute Gasteiger partial charge is 0.497 e. The van der Waals surface area contributed by atoms with Crippen LogP contribution in [0.5, 0.6) is 5.75 Å². The molecule has 8 heteroatoms. The highest BCUT2D eigenvalue weighted by Crippen LogP contribution is 2.28. The van der Waals surface area contributed by atoms with Crippen LogP contribution in [0, 0.1) is 6.92 Å². The number of hydrogen-bond donors (Lipinski definition) is 2. The number of rotatable bonds is 9. The lowest BCUT2D eigenvalue weighted by atomic mass is 9.90. The van der Waals surface area contributed by atoms with Crippen LogP contribution >= 0.6 is 0 Å². The van der Waals surface area contributed by atoms with Gasteiger partial charge in [0.2, 0.25) is 5.91 Å². The number of carbonyl (C=O) groups is 2. The van der Waals surface area contributed by atoms with Crippen LogP contribution in [0.4, 0.5) is 0 Å². The highest BCUT2D eigenvalue weighted by atomic mass is 16.5. The molecule has 0 spiro atoms. The van der Waals surface area contributed by atoms with Gasteiger partial charge in [-0.1, -0.05) is 29.8 Å². The smallest absolute Gasteiger partial charge is 0.254 e. The van der Waals surface area contributed by atoms with Crippen LogP contribution < -0.4 is 15.8 Å². The van der Waals surface area contributed by atoms with Crippen LogP contribution in [0.3, 0.4) is 0 Å². The van der Waals surface area contributed by atoms with E-state index in [2.05, 4.69) is 22.3 Å². The summed E-state index contributed by atoms with van der Waals surface area (Å²) in [5.41, 5.74) is 9.05. The maximum absolute atomic E-state index is 13.9. The Hall–Kier alpha value is -2.94. The van der Waals surface area contributed by atoms with Crippen LogP contribution in [0.25, 0.3) is 0 Å². The predicted octanol–water partition coefficient (Wildman–Crippen LogP) is 4.04. The molecule has 3 aliphatic rings. The Balaban J connectivity index is 1.36. The van der Waals surface area contributed by atoms with Crippen molar-refractivity contribution >= 4 is 11.8 Å². The fraction of sp³-hybridized carbons (Fsp3) is 0.576. The van der Waals surface area contributed by atoms with Gasteiger partial charge in [0.05, 0.1) is 13.2 Å². The minimum Gasteiger partial charge on any atom is -0.497 e. The lowest BCUT2D eigenvalue weighted by molar-refractivity contribution is -0.128. The molecule has 2 aliphatic heterocycles. The van der Waals surface area contributed by atoms with E-state index < -0.39 is 6.04 Å². The van der Waals surface area contributed by atoms with Crippen molar-refractivity contribution in [2.45, 2.75) is 95.1 Å². The monoisotopic (exact) mass is 562 g/mol. The van der Waals surface area contributed by atoms with Crippen molar-refractivity contribution in [2.24, 2.45) is 5.73 Å². The van der Waals surface area contributed by atoms with Gasteiger partial charge in [-0.3, -0.25) is 14.5 Å². The second kappa shape index (κ2) is 13.8. The summed E-state index contributed by atoms with van der Waals surface area (Å²) in [7, 11) is 1.68. The number of methoxy groups -OCH3 is 1. The van der Waals surface area contributed by atoms with E-state index in [0.29, 0.717) is 18.5 Å². The third-order valence-electron chi connectivity index (χ3n) is 9.08. The highest BCUT2D eigenvalue weighted by Gasteiger charge is 2.40. The molecule has 2 amide bonds. The van der Waals surface area contributed by atoms with Gasteiger partial charge in [-0.05, 0) is 88.1 Å². The van der Waals surface area contributed by atoms with E-state index in [1.54, 1.807) is 7.11 Å². The Morgan fingerprint density at radius 1 is 1.02 bits per heavy atom. The average Bonchev–Trinajstić information content (AvgIpc) is 3.51. The quantitative estimate of drug-likeness (QED) is 0.479. The molecule has 1 aliphatic carbocycles. The lowest BCUT2D eigenvalue weighted by Crippen LogP contribution is -2.59. The van der Waals surface area contributed by atoms with Gasteiger partial charge in [0.1, 0.15) is 11.8 Å². The molecule has 2 aromatic rings. The summed E-state index contributed by atoms with van der Waals surface area (Å²) in [5.74, 6) is 0.718. The van der Waals surface area contributed by atoms with Gasteiger partial charge in [-0.25, -0.2) is 0 Å². The molecule has 0 bridgehead atoms. The first-order valence-corrected chi connectivity index (χ1v) is 15.3. The Morgan fingerprint density at radius 2 is 1.76 bits per heavy atom. The molecule has 2 heterocycles. The molecule has 0 radical (unpaired) electrons. The summed E-state index contributed by atoms with van der Waals surface area (Å²) < 4.78 is 11.4. The van der Waals surface area contributed by atoms with E-state index in [4.69, 9.17) is 15.2 Å². The highest BCUT2D eigenvalue weighted by molar-refractivity contribution is 5.97. The molecule has 41 heavy (non-hydrogen) atoms. The van der Waals surface area contributed by atoms with E-state index in [1.165, 1.54) is 5.56 Å². The number of benzene rings is 2. The van der Waals surface area contributed by atoms with Crippen molar-refractivity contribution in [1.29, 1.82) is 0 Å². The summed E-state index contributed by atoms with van der Waals surface area (Å²) >= 11 is 0. The Kier molecular flexibility index (Phi) is 9.96. The van der Waals surface area contributed by atoms with Crippen LogP contribution in [0.2, 0.25) is 0 Å². The van der Waals surface area contributed by atoms with Gasteiger partial charge in [-0.15, -0.1) is 0 Å². The minimum absolute atomic E-state index is 0.0443. The molecule has 1 saturated carbocycles. The fourth-order valence-electron chi connectivity index (χ4n) is 6.55. The fourth-order valence-corrected chi connectivity index (χ4v) is 6.55. The molecule has 222 valence electrons. The number of nitrogens with zero attached hydrogens (tertiary/aromatic N) is 2. The van der Waals surface area contributed by atoms with Crippen LogP contribution in [0.1, 0.15) is 72.9 Å². The molecule has 0 aromatic heterocycles. The zero-order valence-corrected chi connectivity index (χ0v) is 24.6. The van der Waals surface area contributed by atoms with Crippen molar-refractivity contribution in [3.63, 3.8) is 0 Å². The predicted molar refractivity (Wildman–Crippen MR) is 160 cm³/mol. The molecule has 5 rings (SSSR count). The standard InChI is InChI=1S/C33H46N4O4/c1-23-5-9-25(10-6-23)33(39)37-18-17-28(20-31(37)32(38)35-27-13-11-26(34)12-14-27)36(22-30-4-3-19-41-30)21-24-7-15-29(40-2)16-8-24/h5-10,15-16,26-28,30-31H,3-4,11-14,17-22,34H2,1-2H3,(H,35,38)/t26?,27?,28?,30?,31-/m1/s1. The number of hydrogen-bond acceptors (Lipinski definition) is 6. The molecule has 2 unspecified atom stereocenters. The minimum atomic E-state index is -0.527. The van der Waals surface area contributed by atoms with Crippen molar-refractivity contribution in [2.75, 3.05) is 26.8 Å². The second-order valence-corrected chi connectivity index (χ2v) is 12.1. The number of carbonyl (C=O) groups excluding carboxylic acids is 2. The van der Waals surface area contributed by atoms with Crippen LogP contribution in [-0.2, 0) is 16.1 Å². The molecular formula is C33H46N4O4. The average molecular weight is 563 g/mol. The number of nitrogens with one attached hydrogen (secondary N) is 1. The van der Waals surface area contributed by atoms with E-state index in [1.807, 2.05) is 48.2 Å². The van der Waals surface area contributed by atoms with Crippen molar-refractivity contribution in [1.82, 2.24) is 15.1 Å². The van der Waals surface area contributed by atoms with Gasteiger partial charge >= 0.3 is 0 Å². The number of ether oxygens (including phenoxy) is 2. The zero-order valence-electron chi connectivity index (χ0n) is 24.6. The van der Waals surface area contributed by atoms with Crippen molar-refractivity contribution in [3.05, 3.63) is 65.2 Å². The zero-order chi connectivity index (χ0) is 28.8. The molecule has 2 saturated heterocycles. The number of nitrogens with two attached hydrogens (primary N) is 1. The van der Waals surface area contributed by atoms with E-state index >= 15 is 0 Å². The third kappa shape index (κ3) is 7.67. The molecule has 3 N–H and O–H groups in total. The Bertz CT molecular complexity index is 1140. The summed E-state index contributed by atoms with van der Waals surface area (Å²) in [4.78, 5) is 31.9. The van der Waals surface area contributed by atoms with Crippen LogP contribution in [-0.4, -0.2) is 78.7 Å². The molecule has 8 nitrogen and oxygen atoms in total. The first-order valence-electron chi connectivity index (χ1n) is 15.3. The lowest BCUT2D eigenvalue weighted by Gasteiger charge is -2.44. The van der Waals surface area contributed by atoms with Crippen molar-refractivity contribution < 1.29 is 19.1 Å².